The van der Waals surface area contributed by atoms with Crippen molar-refractivity contribution in [2.45, 2.75) is 39.0 Å². The molecule has 0 aromatic heterocycles. The number of non-ortho nitro benzene ring substituents is 1. The molecular formula is C15H18N4O4. The molecule has 2 rings (SSSR count). The standard InChI is InChI=1S/C15H18N4O4/c1-2-11-5-3-4-6-12(11)10-16-17-14-8-7-13(18(20)21)9-15(14)19(22)23/h7-10,17H,2-6H2,1H3. The first kappa shape index (κ1) is 16.6. The number of allylic oxidation sites excluding steroid dienone is 2. The van der Waals surface area contributed by atoms with Gasteiger partial charge in [-0.1, -0.05) is 12.5 Å². The third-order valence-electron chi connectivity index (χ3n) is 3.85. The van der Waals surface area contributed by atoms with E-state index in [1.54, 1.807) is 6.21 Å². The molecule has 1 N–H and O–H groups in total. The number of hydrazone groups is 1. The molecule has 1 aromatic rings. The summed E-state index contributed by atoms with van der Waals surface area (Å²) in [4.78, 5) is 20.4. The number of hydrogen-bond donors (Lipinski definition) is 1. The van der Waals surface area contributed by atoms with Gasteiger partial charge in [0.05, 0.1) is 22.1 Å². The molecule has 0 radical (unpaired) electrons. The second kappa shape index (κ2) is 7.48. The molecule has 0 unspecified atom stereocenters. The van der Waals surface area contributed by atoms with Crippen LogP contribution in [0.2, 0.25) is 0 Å². The first-order valence-corrected chi connectivity index (χ1v) is 7.45. The Balaban J connectivity index is 2.20. The quantitative estimate of drug-likeness (QED) is 0.480. The first-order valence-electron chi connectivity index (χ1n) is 7.45. The van der Waals surface area contributed by atoms with Gasteiger partial charge in [0.25, 0.3) is 5.69 Å². The lowest BCUT2D eigenvalue weighted by Crippen LogP contribution is -2.03. The maximum atomic E-state index is 11.0. The lowest BCUT2D eigenvalue weighted by Gasteiger charge is -2.16. The average molecular weight is 318 g/mol. The number of nitrogens with zero attached hydrogens (tertiary/aromatic N) is 3. The Morgan fingerprint density at radius 2 is 1.96 bits per heavy atom. The molecule has 0 heterocycles. The molecule has 0 saturated carbocycles. The molecular weight excluding hydrogens is 300 g/mol. The first-order chi connectivity index (χ1) is 11.0. The number of rotatable bonds is 6. The van der Waals surface area contributed by atoms with Crippen molar-refractivity contribution in [1.29, 1.82) is 0 Å². The molecule has 0 saturated heterocycles. The molecule has 122 valence electrons. The smallest absolute Gasteiger partial charge is 0.272 e. The minimum Gasteiger partial charge on any atom is -0.272 e. The van der Waals surface area contributed by atoms with Crippen LogP contribution in [0.4, 0.5) is 17.1 Å². The van der Waals surface area contributed by atoms with E-state index >= 15 is 0 Å². The number of anilines is 1. The summed E-state index contributed by atoms with van der Waals surface area (Å²) in [7, 11) is 0. The second-order valence-electron chi connectivity index (χ2n) is 5.28. The van der Waals surface area contributed by atoms with Crippen molar-refractivity contribution in [3.63, 3.8) is 0 Å². The van der Waals surface area contributed by atoms with Gasteiger partial charge in [-0.25, -0.2) is 0 Å². The number of benzene rings is 1. The Kier molecular flexibility index (Phi) is 5.40. The van der Waals surface area contributed by atoms with Crippen LogP contribution in [-0.4, -0.2) is 16.1 Å². The lowest BCUT2D eigenvalue weighted by molar-refractivity contribution is -0.393. The molecule has 8 heteroatoms. The monoisotopic (exact) mass is 318 g/mol. The Morgan fingerprint density at radius 1 is 1.22 bits per heavy atom. The van der Waals surface area contributed by atoms with Gasteiger partial charge >= 0.3 is 5.69 Å². The zero-order chi connectivity index (χ0) is 16.8. The highest BCUT2D eigenvalue weighted by Crippen LogP contribution is 2.29. The summed E-state index contributed by atoms with van der Waals surface area (Å²) in [6.07, 6.45) is 6.98. The molecule has 1 aliphatic carbocycles. The van der Waals surface area contributed by atoms with Gasteiger partial charge < -0.3 is 0 Å². The van der Waals surface area contributed by atoms with Gasteiger partial charge in [-0.2, -0.15) is 5.10 Å². The van der Waals surface area contributed by atoms with Crippen molar-refractivity contribution in [1.82, 2.24) is 0 Å². The molecule has 0 aliphatic heterocycles. The molecule has 0 spiro atoms. The Hall–Kier alpha value is -2.77. The fraction of sp³-hybridized carbons (Fsp3) is 0.400. The highest BCUT2D eigenvalue weighted by Gasteiger charge is 2.19. The van der Waals surface area contributed by atoms with E-state index in [9.17, 15) is 20.2 Å². The third-order valence-corrected chi connectivity index (χ3v) is 3.85. The van der Waals surface area contributed by atoms with E-state index in [1.807, 2.05) is 0 Å². The van der Waals surface area contributed by atoms with E-state index in [1.165, 1.54) is 24.1 Å². The van der Waals surface area contributed by atoms with Crippen LogP contribution < -0.4 is 5.43 Å². The van der Waals surface area contributed by atoms with Gasteiger partial charge in [0.1, 0.15) is 5.69 Å². The van der Waals surface area contributed by atoms with Gasteiger partial charge in [0.15, 0.2) is 0 Å². The number of nitrogens with one attached hydrogen (secondary N) is 1. The van der Waals surface area contributed by atoms with E-state index in [0.717, 1.165) is 37.3 Å². The zero-order valence-corrected chi connectivity index (χ0v) is 12.8. The van der Waals surface area contributed by atoms with Crippen molar-refractivity contribution >= 4 is 23.3 Å². The van der Waals surface area contributed by atoms with Gasteiger partial charge in [0.2, 0.25) is 0 Å². The Labute approximate surface area is 133 Å². The topological polar surface area (TPSA) is 111 Å². The summed E-state index contributed by atoms with van der Waals surface area (Å²) < 4.78 is 0. The zero-order valence-electron chi connectivity index (χ0n) is 12.8. The van der Waals surface area contributed by atoms with E-state index in [4.69, 9.17) is 0 Å². The summed E-state index contributed by atoms with van der Waals surface area (Å²) in [5, 5.41) is 25.8. The second-order valence-corrected chi connectivity index (χ2v) is 5.28. The van der Waals surface area contributed by atoms with Crippen LogP contribution in [0.15, 0.2) is 34.4 Å². The molecule has 1 aliphatic rings. The Bertz CT molecular complexity index is 682. The predicted octanol–water partition coefficient (Wildman–Crippen LogP) is 4.18. The number of nitro benzene ring substituents is 2. The molecule has 23 heavy (non-hydrogen) atoms. The fourth-order valence-corrected chi connectivity index (χ4v) is 2.61. The van der Waals surface area contributed by atoms with Gasteiger partial charge in [-0.05, 0) is 43.7 Å². The predicted molar refractivity (Wildman–Crippen MR) is 87.7 cm³/mol. The molecule has 8 nitrogen and oxygen atoms in total. The van der Waals surface area contributed by atoms with Crippen LogP contribution in [0.3, 0.4) is 0 Å². The van der Waals surface area contributed by atoms with Crippen LogP contribution in [-0.2, 0) is 0 Å². The highest BCUT2D eigenvalue weighted by atomic mass is 16.6. The van der Waals surface area contributed by atoms with E-state index < -0.39 is 9.85 Å². The largest absolute Gasteiger partial charge is 0.301 e. The minimum atomic E-state index is -0.666. The summed E-state index contributed by atoms with van der Waals surface area (Å²) >= 11 is 0. The Morgan fingerprint density at radius 3 is 2.61 bits per heavy atom. The van der Waals surface area contributed by atoms with Gasteiger partial charge in [-0.15, -0.1) is 0 Å². The lowest BCUT2D eigenvalue weighted by atomic mass is 9.91. The van der Waals surface area contributed by atoms with Crippen molar-refractivity contribution < 1.29 is 9.85 Å². The van der Waals surface area contributed by atoms with Crippen LogP contribution in [0.25, 0.3) is 0 Å². The van der Waals surface area contributed by atoms with Crippen LogP contribution in [0.1, 0.15) is 39.0 Å². The number of hydrogen-bond acceptors (Lipinski definition) is 6. The molecule has 0 atom stereocenters. The normalized spacial score (nSPS) is 15.0. The fourth-order valence-electron chi connectivity index (χ4n) is 2.61. The van der Waals surface area contributed by atoms with E-state index in [2.05, 4.69) is 17.5 Å². The van der Waals surface area contributed by atoms with E-state index in [0.29, 0.717) is 0 Å². The van der Waals surface area contributed by atoms with Crippen molar-refractivity contribution in [3.05, 3.63) is 49.6 Å². The van der Waals surface area contributed by atoms with Crippen LogP contribution >= 0.6 is 0 Å². The maximum absolute atomic E-state index is 11.0. The summed E-state index contributed by atoms with van der Waals surface area (Å²) in [6.45, 7) is 2.10. The minimum absolute atomic E-state index is 0.131. The van der Waals surface area contributed by atoms with Crippen LogP contribution in [0, 0.1) is 20.2 Å². The average Bonchev–Trinajstić information content (AvgIpc) is 2.55. The van der Waals surface area contributed by atoms with Gasteiger partial charge in [0, 0.05) is 6.07 Å². The SMILES string of the molecule is CCC1=C(C=NNc2ccc([N+](=O)[O-])cc2[N+](=O)[O-])CCCC1. The summed E-state index contributed by atoms with van der Waals surface area (Å²) in [5.41, 5.74) is 4.58. The third kappa shape index (κ3) is 4.12. The number of nitro groups is 2. The summed E-state index contributed by atoms with van der Waals surface area (Å²) in [5.74, 6) is 0. The summed E-state index contributed by atoms with van der Waals surface area (Å²) in [6, 6.07) is 3.43. The molecule has 0 amide bonds. The molecule has 0 bridgehead atoms. The van der Waals surface area contributed by atoms with Crippen molar-refractivity contribution in [3.8, 4) is 0 Å². The highest BCUT2D eigenvalue weighted by molar-refractivity contribution is 5.81. The van der Waals surface area contributed by atoms with Crippen molar-refractivity contribution in [2.24, 2.45) is 5.10 Å². The van der Waals surface area contributed by atoms with Crippen LogP contribution in [0.5, 0.6) is 0 Å². The van der Waals surface area contributed by atoms with Crippen molar-refractivity contribution in [2.75, 3.05) is 5.43 Å². The maximum Gasteiger partial charge on any atom is 0.301 e. The van der Waals surface area contributed by atoms with Gasteiger partial charge in [-0.3, -0.25) is 25.7 Å². The van der Waals surface area contributed by atoms with E-state index in [-0.39, 0.29) is 17.1 Å². The molecule has 1 aromatic carbocycles. The molecule has 0 fully saturated rings.